The molecule has 1 aromatic heterocycles. The molecule has 0 fully saturated rings. The van der Waals surface area contributed by atoms with Crippen LogP contribution in [0.1, 0.15) is 30.3 Å². The molecule has 0 aliphatic rings. The van der Waals surface area contributed by atoms with Gasteiger partial charge in [-0.15, -0.1) is 35.3 Å². The van der Waals surface area contributed by atoms with E-state index in [9.17, 15) is 0 Å². The van der Waals surface area contributed by atoms with Crippen LogP contribution in [0.4, 0.5) is 0 Å². The molecular formula is C16H23IN4S. The van der Waals surface area contributed by atoms with Gasteiger partial charge in [0.25, 0.3) is 0 Å². The lowest BCUT2D eigenvalue weighted by atomic mass is 10.2. The predicted octanol–water partition coefficient (Wildman–Crippen LogP) is 3.94. The lowest BCUT2D eigenvalue weighted by molar-refractivity contribution is 0.748. The van der Waals surface area contributed by atoms with Crippen LogP contribution < -0.4 is 11.1 Å². The van der Waals surface area contributed by atoms with Crippen LogP contribution in [0.5, 0.6) is 0 Å². The number of aryl methyl sites for hydroxylation is 1. The second kappa shape index (κ2) is 9.78. The Bertz CT molecular complexity index is 595. The van der Waals surface area contributed by atoms with Crippen molar-refractivity contribution in [2.45, 2.75) is 33.2 Å². The van der Waals surface area contributed by atoms with Crippen LogP contribution in [0.2, 0.25) is 0 Å². The molecular weight excluding hydrogens is 407 g/mol. The van der Waals surface area contributed by atoms with Gasteiger partial charge in [-0.3, -0.25) is 0 Å². The Kier molecular flexibility index (Phi) is 8.40. The Morgan fingerprint density at radius 3 is 2.73 bits per heavy atom. The van der Waals surface area contributed by atoms with Crippen molar-refractivity contribution < 1.29 is 0 Å². The lowest BCUT2D eigenvalue weighted by Crippen LogP contribution is -2.32. The summed E-state index contributed by atoms with van der Waals surface area (Å²) in [7, 11) is 0. The van der Waals surface area contributed by atoms with Gasteiger partial charge in [0.15, 0.2) is 5.96 Å². The fourth-order valence-electron chi connectivity index (χ4n) is 1.89. The van der Waals surface area contributed by atoms with E-state index in [0.717, 1.165) is 40.5 Å². The number of nitrogens with zero attached hydrogens (tertiary/aromatic N) is 2. The highest BCUT2D eigenvalue weighted by atomic mass is 127. The van der Waals surface area contributed by atoms with Crippen LogP contribution in [0, 0.1) is 6.92 Å². The molecule has 0 bridgehead atoms. The third-order valence-electron chi connectivity index (χ3n) is 3.14. The van der Waals surface area contributed by atoms with E-state index < -0.39 is 0 Å². The quantitative estimate of drug-likeness (QED) is 0.316. The molecule has 0 aliphatic carbocycles. The van der Waals surface area contributed by atoms with E-state index >= 15 is 0 Å². The van der Waals surface area contributed by atoms with Gasteiger partial charge in [0.05, 0.1) is 12.2 Å². The summed E-state index contributed by atoms with van der Waals surface area (Å²) in [4.78, 5) is 10.2. The number of unbranched alkanes of at least 4 members (excludes halogenated alkanes) is 1. The van der Waals surface area contributed by atoms with Crippen molar-refractivity contribution in [3.05, 3.63) is 40.9 Å². The van der Waals surface area contributed by atoms with Crippen LogP contribution in [-0.2, 0) is 6.54 Å². The second-order valence-electron chi connectivity index (χ2n) is 4.88. The summed E-state index contributed by atoms with van der Waals surface area (Å²) in [5, 5.41) is 4.16. The number of hydrogen-bond acceptors (Lipinski definition) is 3. The topological polar surface area (TPSA) is 63.3 Å². The summed E-state index contributed by atoms with van der Waals surface area (Å²) in [6.45, 7) is 5.64. The normalized spacial score (nSPS) is 11.1. The van der Waals surface area contributed by atoms with Gasteiger partial charge in [-0.05, 0) is 13.3 Å². The largest absolute Gasteiger partial charge is 0.370 e. The van der Waals surface area contributed by atoms with Gasteiger partial charge in [-0.1, -0.05) is 43.7 Å². The molecule has 0 saturated carbocycles. The highest BCUT2D eigenvalue weighted by Gasteiger charge is 2.08. The van der Waals surface area contributed by atoms with Crippen molar-refractivity contribution in [2.75, 3.05) is 6.54 Å². The number of hydrogen-bond donors (Lipinski definition) is 2. The minimum atomic E-state index is 0. The highest BCUT2D eigenvalue weighted by molar-refractivity contribution is 14.0. The zero-order valence-electron chi connectivity index (χ0n) is 13.0. The smallest absolute Gasteiger partial charge is 0.188 e. The third kappa shape index (κ3) is 5.57. The summed E-state index contributed by atoms with van der Waals surface area (Å²) in [5.41, 5.74) is 8.03. The molecule has 0 atom stereocenters. The van der Waals surface area contributed by atoms with Crippen LogP contribution in [0.3, 0.4) is 0 Å². The maximum absolute atomic E-state index is 5.85. The monoisotopic (exact) mass is 430 g/mol. The molecule has 0 unspecified atom stereocenters. The van der Waals surface area contributed by atoms with Crippen molar-refractivity contribution in [3.63, 3.8) is 0 Å². The Morgan fingerprint density at radius 2 is 2.05 bits per heavy atom. The molecule has 1 aromatic carbocycles. The fraction of sp³-hybridized carbons (Fsp3) is 0.375. The van der Waals surface area contributed by atoms with E-state index in [1.807, 2.05) is 25.1 Å². The first-order chi connectivity index (χ1) is 10.2. The van der Waals surface area contributed by atoms with E-state index in [1.165, 1.54) is 0 Å². The van der Waals surface area contributed by atoms with Crippen LogP contribution >= 0.6 is 35.3 Å². The molecule has 0 spiro atoms. The Balaban J connectivity index is 0.00000242. The van der Waals surface area contributed by atoms with Crippen molar-refractivity contribution in [1.82, 2.24) is 10.3 Å². The second-order valence-corrected chi connectivity index (χ2v) is 5.96. The first-order valence-electron chi connectivity index (χ1n) is 7.26. The highest BCUT2D eigenvalue weighted by Crippen LogP contribution is 2.28. The maximum Gasteiger partial charge on any atom is 0.188 e. The summed E-state index contributed by atoms with van der Waals surface area (Å²) in [6, 6.07) is 10.2. The van der Waals surface area contributed by atoms with Crippen LogP contribution in [-0.4, -0.2) is 17.5 Å². The van der Waals surface area contributed by atoms with Crippen LogP contribution in [0.15, 0.2) is 35.3 Å². The van der Waals surface area contributed by atoms with Crippen molar-refractivity contribution in [3.8, 4) is 10.6 Å². The van der Waals surface area contributed by atoms with Gasteiger partial charge in [0.2, 0.25) is 0 Å². The Hall–Kier alpha value is -1.15. The fourth-order valence-corrected chi connectivity index (χ4v) is 2.88. The van der Waals surface area contributed by atoms with Gasteiger partial charge >= 0.3 is 0 Å². The standard InChI is InChI=1S/C16H22N4S.HI/c1-3-4-10-18-16(17)19-11-14-12(2)20-15(21-14)13-8-6-5-7-9-13;/h5-9H,3-4,10-11H2,1-2H3,(H3,17,18,19);1H. The number of thiazole rings is 1. The SMILES string of the molecule is CCCCNC(N)=NCc1sc(-c2ccccc2)nc1C.I. The Labute approximate surface area is 153 Å². The van der Waals surface area contributed by atoms with E-state index in [0.29, 0.717) is 12.5 Å². The average molecular weight is 430 g/mol. The van der Waals surface area contributed by atoms with E-state index in [-0.39, 0.29) is 24.0 Å². The number of nitrogens with one attached hydrogen (secondary N) is 1. The molecule has 3 N–H and O–H groups in total. The predicted molar refractivity (Wildman–Crippen MR) is 106 cm³/mol. The third-order valence-corrected chi connectivity index (χ3v) is 4.33. The summed E-state index contributed by atoms with van der Waals surface area (Å²) < 4.78 is 0. The zero-order valence-corrected chi connectivity index (χ0v) is 16.2. The number of aromatic nitrogens is 1. The summed E-state index contributed by atoms with van der Waals surface area (Å²) in [5.74, 6) is 0.512. The Morgan fingerprint density at radius 1 is 1.32 bits per heavy atom. The number of rotatable bonds is 6. The summed E-state index contributed by atoms with van der Waals surface area (Å²) >= 11 is 1.68. The van der Waals surface area contributed by atoms with E-state index in [1.54, 1.807) is 11.3 Å². The molecule has 120 valence electrons. The number of benzene rings is 1. The first-order valence-corrected chi connectivity index (χ1v) is 8.08. The molecule has 0 saturated heterocycles. The molecule has 0 radical (unpaired) electrons. The minimum Gasteiger partial charge on any atom is -0.370 e. The van der Waals surface area contributed by atoms with E-state index in [2.05, 4.69) is 34.3 Å². The van der Waals surface area contributed by atoms with Crippen molar-refractivity contribution in [2.24, 2.45) is 10.7 Å². The van der Waals surface area contributed by atoms with Gasteiger partial charge in [0, 0.05) is 17.0 Å². The number of nitrogens with two attached hydrogens (primary N) is 1. The molecule has 2 rings (SSSR count). The average Bonchev–Trinajstić information content (AvgIpc) is 2.87. The first kappa shape index (κ1) is 18.9. The van der Waals surface area contributed by atoms with Crippen molar-refractivity contribution in [1.29, 1.82) is 0 Å². The molecule has 0 amide bonds. The zero-order chi connectivity index (χ0) is 15.1. The van der Waals surface area contributed by atoms with Crippen molar-refractivity contribution >= 4 is 41.3 Å². The number of guanidine groups is 1. The van der Waals surface area contributed by atoms with Gasteiger partial charge < -0.3 is 11.1 Å². The molecule has 4 nitrogen and oxygen atoms in total. The van der Waals surface area contributed by atoms with Gasteiger partial charge in [-0.2, -0.15) is 0 Å². The van der Waals surface area contributed by atoms with Crippen LogP contribution in [0.25, 0.3) is 10.6 Å². The van der Waals surface area contributed by atoms with E-state index in [4.69, 9.17) is 5.73 Å². The molecule has 22 heavy (non-hydrogen) atoms. The molecule has 2 aromatic rings. The summed E-state index contributed by atoms with van der Waals surface area (Å²) in [6.07, 6.45) is 2.25. The van der Waals surface area contributed by atoms with Gasteiger partial charge in [-0.25, -0.2) is 9.98 Å². The minimum absolute atomic E-state index is 0. The van der Waals surface area contributed by atoms with Gasteiger partial charge in [0.1, 0.15) is 5.01 Å². The lowest BCUT2D eigenvalue weighted by Gasteiger charge is -2.03. The number of halogens is 1. The number of aliphatic imine (C=N–C) groups is 1. The maximum atomic E-state index is 5.85. The molecule has 1 heterocycles. The molecule has 0 aliphatic heterocycles. The molecule has 6 heteroatoms.